The lowest BCUT2D eigenvalue weighted by Crippen LogP contribution is -2.11. The van der Waals surface area contributed by atoms with Crippen molar-refractivity contribution in [2.75, 3.05) is 0 Å². The zero-order chi connectivity index (χ0) is 15.1. The van der Waals surface area contributed by atoms with Crippen LogP contribution in [-0.4, -0.2) is 4.98 Å². The Hall–Kier alpha value is -1.57. The molecule has 0 bridgehead atoms. The van der Waals surface area contributed by atoms with E-state index in [9.17, 15) is 26.3 Å². The Balaban J connectivity index is 2.63. The molecule has 0 radical (unpaired) electrons. The van der Waals surface area contributed by atoms with Gasteiger partial charge in [-0.25, -0.2) is 4.98 Å². The Kier molecular flexibility index (Phi) is 3.53. The highest BCUT2D eigenvalue weighted by Crippen LogP contribution is 2.38. The first-order valence-corrected chi connectivity index (χ1v) is 6.17. The first kappa shape index (κ1) is 14.8. The highest BCUT2D eigenvalue weighted by atomic mass is 32.1. The van der Waals surface area contributed by atoms with Gasteiger partial charge < -0.3 is 0 Å². The molecular weight excluding hydrogens is 304 g/mol. The molecule has 2 rings (SSSR count). The Labute approximate surface area is 113 Å². The lowest BCUT2D eigenvalue weighted by atomic mass is 10.0. The molecule has 0 saturated carbocycles. The van der Waals surface area contributed by atoms with Gasteiger partial charge in [-0.15, -0.1) is 11.3 Å². The van der Waals surface area contributed by atoms with Gasteiger partial charge in [-0.2, -0.15) is 26.3 Å². The van der Waals surface area contributed by atoms with E-state index in [1.165, 1.54) is 5.38 Å². The summed E-state index contributed by atoms with van der Waals surface area (Å²) in [7, 11) is 0. The molecule has 1 heterocycles. The largest absolute Gasteiger partial charge is 0.416 e. The van der Waals surface area contributed by atoms with E-state index < -0.39 is 23.5 Å². The number of halogens is 6. The van der Waals surface area contributed by atoms with Crippen molar-refractivity contribution in [3.63, 3.8) is 0 Å². The Morgan fingerprint density at radius 1 is 0.900 bits per heavy atom. The zero-order valence-electron chi connectivity index (χ0n) is 9.93. The molecule has 0 unspecified atom stereocenters. The summed E-state index contributed by atoms with van der Waals surface area (Å²) in [6.45, 7) is 1.62. The molecule has 1 aromatic heterocycles. The molecular formula is C12H7F6NS. The van der Waals surface area contributed by atoms with E-state index in [0.29, 0.717) is 17.1 Å². The van der Waals surface area contributed by atoms with Gasteiger partial charge in [0.05, 0.1) is 21.8 Å². The van der Waals surface area contributed by atoms with E-state index in [4.69, 9.17) is 0 Å². The first-order chi connectivity index (χ1) is 9.07. The summed E-state index contributed by atoms with van der Waals surface area (Å²) in [5.41, 5.74) is -2.78. The van der Waals surface area contributed by atoms with Gasteiger partial charge in [0.2, 0.25) is 0 Å². The minimum Gasteiger partial charge on any atom is -0.242 e. The second-order valence-corrected chi connectivity index (χ2v) is 5.11. The summed E-state index contributed by atoms with van der Waals surface area (Å²) in [4.78, 5) is 3.91. The van der Waals surface area contributed by atoms with E-state index in [0.717, 1.165) is 11.3 Å². The highest BCUT2D eigenvalue weighted by Gasteiger charge is 2.37. The van der Waals surface area contributed by atoms with E-state index in [1.807, 2.05) is 0 Å². The van der Waals surface area contributed by atoms with Gasteiger partial charge in [0.25, 0.3) is 0 Å². The number of aromatic nitrogens is 1. The van der Waals surface area contributed by atoms with Gasteiger partial charge in [-0.3, -0.25) is 0 Å². The van der Waals surface area contributed by atoms with Crippen molar-refractivity contribution in [2.45, 2.75) is 19.3 Å². The van der Waals surface area contributed by atoms with Crippen LogP contribution in [0.4, 0.5) is 26.3 Å². The minimum atomic E-state index is -4.85. The molecule has 1 nitrogen and oxygen atoms in total. The maximum atomic E-state index is 12.7. The van der Waals surface area contributed by atoms with E-state index in [1.54, 1.807) is 6.92 Å². The fourth-order valence-corrected chi connectivity index (χ4v) is 2.22. The predicted molar refractivity (Wildman–Crippen MR) is 62.3 cm³/mol. The third-order valence-electron chi connectivity index (χ3n) is 2.50. The standard InChI is InChI=1S/C12H7F6NS/c1-6-19-10(5-20-6)7-2-8(11(13,14)15)4-9(3-7)12(16,17)18/h2-5H,1H3. The monoisotopic (exact) mass is 311 g/mol. The second-order valence-electron chi connectivity index (χ2n) is 4.05. The van der Waals surface area contributed by atoms with Crippen LogP contribution >= 0.6 is 11.3 Å². The summed E-state index contributed by atoms with van der Waals surface area (Å²) in [5, 5.41) is 1.98. The summed E-state index contributed by atoms with van der Waals surface area (Å²) in [6, 6.07) is 1.44. The minimum absolute atomic E-state index is 0.0999. The first-order valence-electron chi connectivity index (χ1n) is 5.29. The Morgan fingerprint density at radius 3 is 1.75 bits per heavy atom. The normalized spacial score (nSPS) is 12.8. The van der Waals surface area contributed by atoms with Crippen LogP contribution in [0.3, 0.4) is 0 Å². The van der Waals surface area contributed by atoms with Gasteiger partial charge in [0.15, 0.2) is 0 Å². The van der Waals surface area contributed by atoms with Crippen molar-refractivity contribution in [2.24, 2.45) is 0 Å². The van der Waals surface area contributed by atoms with Crippen molar-refractivity contribution in [3.8, 4) is 11.3 Å². The predicted octanol–water partition coefficient (Wildman–Crippen LogP) is 5.16. The van der Waals surface area contributed by atoms with Gasteiger partial charge in [0, 0.05) is 10.9 Å². The van der Waals surface area contributed by atoms with Gasteiger partial charge in [0.1, 0.15) is 0 Å². The Bertz CT molecular complexity index is 593. The summed E-state index contributed by atoms with van der Waals surface area (Å²) >= 11 is 1.15. The molecule has 0 saturated heterocycles. The molecule has 0 amide bonds. The SMILES string of the molecule is Cc1nc(-c2cc(C(F)(F)F)cc(C(F)(F)F)c2)cs1. The molecule has 1 aromatic carbocycles. The molecule has 0 aliphatic heterocycles. The summed E-state index contributed by atoms with van der Waals surface area (Å²) in [5.74, 6) is 0. The summed E-state index contributed by atoms with van der Waals surface area (Å²) < 4.78 is 76.0. The van der Waals surface area contributed by atoms with Crippen LogP contribution in [0.15, 0.2) is 23.6 Å². The molecule has 0 aliphatic carbocycles. The van der Waals surface area contributed by atoms with Crippen LogP contribution in [-0.2, 0) is 12.4 Å². The van der Waals surface area contributed by atoms with Crippen LogP contribution < -0.4 is 0 Å². The van der Waals surface area contributed by atoms with E-state index >= 15 is 0 Å². The number of benzene rings is 1. The number of hydrogen-bond acceptors (Lipinski definition) is 2. The molecule has 0 N–H and O–H groups in total. The van der Waals surface area contributed by atoms with Crippen molar-refractivity contribution >= 4 is 11.3 Å². The van der Waals surface area contributed by atoms with Crippen LogP contribution in [0.25, 0.3) is 11.3 Å². The number of nitrogens with zero attached hydrogens (tertiary/aromatic N) is 1. The van der Waals surface area contributed by atoms with Crippen LogP contribution in [0.1, 0.15) is 16.1 Å². The third-order valence-corrected chi connectivity index (χ3v) is 3.28. The fourth-order valence-electron chi connectivity index (χ4n) is 1.60. The van der Waals surface area contributed by atoms with Gasteiger partial charge in [-0.05, 0) is 25.1 Å². The number of thiazole rings is 1. The van der Waals surface area contributed by atoms with Crippen molar-refractivity contribution < 1.29 is 26.3 Å². The molecule has 108 valence electrons. The second kappa shape index (κ2) is 4.76. The lowest BCUT2D eigenvalue weighted by Gasteiger charge is -2.13. The molecule has 0 atom stereocenters. The van der Waals surface area contributed by atoms with Crippen LogP contribution in [0.2, 0.25) is 0 Å². The molecule has 8 heteroatoms. The topological polar surface area (TPSA) is 12.9 Å². The summed E-state index contributed by atoms with van der Waals surface area (Å²) in [6.07, 6.45) is -9.69. The Morgan fingerprint density at radius 2 is 1.40 bits per heavy atom. The van der Waals surface area contributed by atoms with Crippen molar-refractivity contribution in [1.82, 2.24) is 4.98 Å². The quantitative estimate of drug-likeness (QED) is 0.663. The maximum Gasteiger partial charge on any atom is 0.416 e. The average Bonchev–Trinajstić information content (AvgIpc) is 2.73. The van der Waals surface area contributed by atoms with Crippen LogP contribution in [0, 0.1) is 6.92 Å². The van der Waals surface area contributed by atoms with E-state index in [2.05, 4.69) is 4.98 Å². The smallest absolute Gasteiger partial charge is 0.242 e. The maximum absolute atomic E-state index is 12.7. The molecule has 2 aromatic rings. The molecule has 0 spiro atoms. The zero-order valence-corrected chi connectivity index (χ0v) is 10.7. The lowest BCUT2D eigenvalue weighted by molar-refractivity contribution is -0.143. The highest BCUT2D eigenvalue weighted by molar-refractivity contribution is 7.09. The van der Waals surface area contributed by atoms with Crippen LogP contribution in [0.5, 0.6) is 0 Å². The fraction of sp³-hybridized carbons (Fsp3) is 0.250. The number of aryl methyl sites for hydroxylation is 1. The number of alkyl halides is 6. The number of rotatable bonds is 1. The molecule has 0 fully saturated rings. The molecule has 20 heavy (non-hydrogen) atoms. The van der Waals surface area contributed by atoms with Gasteiger partial charge in [-0.1, -0.05) is 0 Å². The number of hydrogen-bond donors (Lipinski definition) is 0. The van der Waals surface area contributed by atoms with Gasteiger partial charge >= 0.3 is 12.4 Å². The third kappa shape index (κ3) is 3.12. The van der Waals surface area contributed by atoms with E-state index in [-0.39, 0.29) is 17.3 Å². The van der Waals surface area contributed by atoms with Crippen molar-refractivity contribution in [3.05, 3.63) is 39.7 Å². The van der Waals surface area contributed by atoms with Crippen molar-refractivity contribution in [1.29, 1.82) is 0 Å². The average molecular weight is 311 g/mol. The molecule has 0 aliphatic rings.